The Hall–Kier alpha value is -1.88. The maximum Gasteiger partial charge on any atom is 0.329 e. The van der Waals surface area contributed by atoms with Crippen LogP contribution in [0.4, 0.5) is 0 Å². The quantitative estimate of drug-likeness (QED) is 0.813. The zero-order valence-electron chi connectivity index (χ0n) is 13.1. The maximum atomic E-state index is 12.4. The molecule has 0 saturated carbocycles. The Morgan fingerprint density at radius 3 is 2.59 bits per heavy atom. The van der Waals surface area contributed by atoms with Crippen molar-refractivity contribution in [2.45, 2.75) is 45.4 Å². The molecule has 5 nitrogen and oxygen atoms in total. The van der Waals surface area contributed by atoms with Gasteiger partial charge < -0.3 is 14.7 Å². The molecule has 1 aliphatic heterocycles. The number of carbonyl (C=O) groups is 2. The summed E-state index contributed by atoms with van der Waals surface area (Å²) in [5.41, 5.74) is 0.909. The van der Waals surface area contributed by atoms with E-state index in [0.717, 1.165) is 5.56 Å². The van der Waals surface area contributed by atoms with Gasteiger partial charge in [0.05, 0.1) is 0 Å². The highest BCUT2D eigenvalue weighted by atomic mass is 16.5. The Morgan fingerprint density at radius 1 is 1.36 bits per heavy atom. The maximum absolute atomic E-state index is 12.4. The first-order chi connectivity index (χ1) is 10.5. The first kappa shape index (κ1) is 16.5. The first-order valence-corrected chi connectivity index (χ1v) is 7.68. The van der Waals surface area contributed by atoms with E-state index in [1.165, 1.54) is 4.90 Å². The molecule has 1 aromatic carbocycles. The molecule has 1 fully saturated rings. The third-order valence-corrected chi connectivity index (χ3v) is 3.78. The van der Waals surface area contributed by atoms with Gasteiger partial charge in [-0.15, -0.1) is 0 Å². The number of aliphatic hydroxyl groups is 1. The standard InChI is InChI=1S/C17H23NO4/c1-12(2)10-14(18-9-8-15(19)16(18)20)17(21)22-11-13-6-4-3-5-7-13/h3-7,12,14-15,19H,8-11H2,1-2H3. The van der Waals surface area contributed by atoms with Crippen molar-refractivity contribution in [2.24, 2.45) is 5.92 Å². The molecule has 1 heterocycles. The summed E-state index contributed by atoms with van der Waals surface area (Å²) >= 11 is 0. The number of ether oxygens (including phenoxy) is 1. The van der Waals surface area contributed by atoms with Gasteiger partial charge in [-0.25, -0.2) is 4.79 Å². The summed E-state index contributed by atoms with van der Waals surface area (Å²) in [7, 11) is 0. The van der Waals surface area contributed by atoms with Crippen LogP contribution in [-0.2, 0) is 20.9 Å². The molecule has 1 aromatic rings. The van der Waals surface area contributed by atoms with Gasteiger partial charge in [0.25, 0.3) is 5.91 Å². The summed E-state index contributed by atoms with van der Waals surface area (Å²) < 4.78 is 5.37. The number of hydrogen-bond donors (Lipinski definition) is 1. The van der Waals surface area contributed by atoms with Gasteiger partial charge >= 0.3 is 5.97 Å². The molecule has 0 radical (unpaired) electrons. The average Bonchev–Trinajstić information content (AvgIpc) is 2.83. The fraction of sp³-hybridized carbons (Fsp3) is 0.529. The van der Waals surface area contributed by atoms with Crippen molar-refractivity contribution in [1.82, 2.24) is 4.90 Å². The third-order valence-electron chi connectivity index (χ3n) is 3.78. The van der Waals surface area contributed by atoms with Crippen LogP contribution in [0.1, 0.15) is 32.3 Å². The topological polar surface area (TPSA) is 66.8 Å². The molecule has 120 valence electrons. The predicted molar refractivity (Wildman–Crippen MR) is 81.8 cm³/mol. The number of rotatable bonds is 6. The second-order valence-electron chi connectivity index (χ2n) is 6.07. The normalized spacial score (nSPS) is 19.5. The minimum atomic E-state index is -0.989. The fourth-order valence-electron chi connectivity index (χ4n) is 2.62. The van der Waals surface area contributed by atoms with Crippen LogP contribution in [0.5, 0.6) is 0 Å². The Bertz CT molecular complexity index is 515. The number of benzene rings is 1. The van der Waals surface area contributed by atoms with E-state index < -0.39 is 18.1 Å². The van der Waals surface area contributed by atoms with Crippen LogP contribution in [-0.4, -0.2) is 40.6 Å². The first-order valence-electron chi connectivity index (χ1n) is 7.68. The van der Waals surface area contributed by atoms with Gasteiger partial charge in [-0.1, -0.05) is 44.2 Å². The summed E-state index contributed by atoms with van der Waals surface area (Å²) in [6.45, 7) is 4.58. The predicted octanol–water partition coefficient (Wildman–Crippen LogP) is 1.74. The number of likely N-dealkylation sites (tertiary alicyclic amines) is 1. The van der Waals surface area contributed by atoms with E-state index in [4.69, 9.17) is 4.74 Å². The molecule has 0 bridgehead atoms. The third kappa shape index (κ3) is 4.07. The second-order valence-corrected chi connectivity index (χ2v) is 6.07. The lowest BCUT2D eigenvalue weighted by atomic mass is 10.0. The van der Waals surface area contributed by atoms with Crippen molar-refractivity contribution in [3.05, 3.63) is 35.9 Å². The van der Waals surface area contributed by atoms with Crippen LogP contribution < -0.4 is 0 Å². The van der Waals surface area contributed by atoms with Crippen molar-refractivity contribution >= 4 is 11.9 Å². The molecular formula is C17H23NO4. The SMILES string of the molecule is CC(C)CC(C(=O)OCc1ccccc1)N1CCC(O)C1=O. The molecule has 5 heteroatoms. The average molecular weight is 305 g/mol. The van der Waals surface area contributed by atoms with Gasteiger partial charge in [-0.3, -0.25) is 4.79 Å². The Morgan fingerprint density at radius 2 is 2.05 bits per heavy atom. The zero-order valence-corrected chi connectivity index (χ0v) is 13.1. The van der Waals surface area contributed by atoms with Crippen LogP contribution in [0, 0.1) is 5.92 Å². The summed E-state index contributed by atoms with van der Waals surface area (Å²) in [5.74, 6) is -0.526. The summed E-state index contributed by atoms with van der Waals surface area (Å²) in [4.78, 5) is 25.8. The number of amides is 1. The van der Waals surface area contributed by atoms with E-state index in [-0.39, 0.29) is 18.4 Å². The highest BCUT2D eigenvalue weighted by molar-refractivity contribution is 5.88. The molecule has 22 heavy (non-hydrogen) atoms. The van der Waals surface area contributed by atoms with Crippen molar-refractivity contribution in [1.29, 1.82) is 0 Å². The van der Waals surface area contributed by atoms with Crippen LogP contribution >= 0.6 is 0 Å². The molecule has 1 aliphatic rings. The smallest absolute Gasteiger partial charge is 0.329 e. The van der Waals surface area contributed by atoms with Crippen LogP contribution in [0.15, 0.2) is 30.3 Å². The Kier molecular flexibility index (Phi) is 5.55. The van der Waals surface area contributed by atoms with E-state index in [1.54, 1.807) is 0 Å². The molecule has 2 unspecified atom stereocenters. The molecule has 0 aromatic heterocycles. The number of esters is 1. The summed E-state index contributed by atoms with van der Waals surface area (Å²) in [5, 5.41) is 9.60. The highest BCUT2D eigenvalue weighted by Gasteiger charge is 2.38. The second kappa shape index (κ2) is 7.40. The lowest BCUT2D eigenvalue weighted by Gasteiger charge is -2.27. The summed E-state index contributed by atoms with van der Waals surface area (Å²) in [6, 6.07) is 8.82. The largest absolute Gasteiger partial charge is 0.459 e. The zero-order chi connectivity index (χ0) is 16.1. The van der Waals surface area contributed by atoms with Crippen molar-refractivity contribution in [3.8, 4) is 0 Å². The number of carbonyl (C=O) groups excluding carboxylic acids is 2. The van der Waals surface area contributed by atoms with Gasteiger partial charge in [0.1, 0.15) is 18.8 Å². The van der Waals surface area contributed by atoms with Crippen LogP contribution in [0.3, 0.4) is 0 Å². The fourth-order valence-corrected chi connectivity index (χ4v) is 2.62. The monoisotopic (exact) mass is 305 g/mol. The van der Waals surface area contributed by atoms with E-state index in [0.29, 0.717) is 19.4 Å². The van der Waals surface area contributed by atoms with Crippen LogP contribution in [0.25, 0.3) is 0 Å². The van der Waals surface area contributed by atoms with Gasteiger partial charge in [-0.2, -0.15) is 0 Å². The van der Waals surface area contributed by atoms with Crippen LogP contribution in [0.2, 0.25) is 0 Å². The molecule has 2 rings (SSSR count). The molecule has 1 N–H and O–H groups in total. The van der Waals surface area contributed by atoms with Crippen molar-refractivity contribution < 1.29 is 19.4 Å². The van der Waals surface area contributed by atoms with Crippen molar-refractivity contribution in [3.63, 3.8) is 0 Å². The minimum absolute atomic E-state index is 0.193. The van der Waals surface area contributed by atoms with Gasteiger partial charge in [-0.05, 0) is 24.3 Å². The lowest BCUT2D eigenvalue weighted by Crippen LogP contribution is -2.45. The molecule has 0 spiro atoms. The van der Waals surface area contributed by atoms with Gasteiger partial charge in [0.15, 0.2) is 0 Å². The minimum Gasteiger partial charge on any atom is -0.459 e. The lowest BCUT2D eigenvalue weighted by molar-refractivity contribution is -0.156. The Balaban J connectivity index is 2.02. The molecule has 0 aliphatic carbocycles. The Labute approximate surface area is 130 Å². The van der Waals surface area contributed by atoms with E-state index >= 15 is 0 Å². The number of nitrogens with zero attached hydrogens (tertiary/aromatic N) is 1. The number of aliphatic hydroxyl groups excluding tert-OH is 1. The van der Waals surface area contributed by atoms with E-state index in [1.807, 2.05) is 44.2 Å². The van der Waals surface area contributed by atoms with E-state index in [2.05, 4.69) is 0 Å². The molecule has 2 atom stereocenters. The van der Waals surface area contributed by atoms with Gasteiger partial charge in [0, 0.05) is 6.54 Å². The molecular weight excluding hydrogens is 282 g/mol. The van der Waals surface area contributed by atoms with Crippen molar-refractivity contribution in [2.75, 3.05) is 6.54 Å². The molecule has 1 amide bonds. The summed E-state index contributed by atoms with van der Waals surface area (Å²) in [6.07, 6.45) is -0.0811. The number of hydrogen-bond acceptors (Lipinski definition) is 4. The van der Waals surface area contributed by atoms with E-state index in [9.17, 15) is 14.7 Å². The molecule has 1 saturated heterocycles. The van der Waals surface area contributed by atoms with Gasteiger partial charge in [0.2, 0.25) is 0 Å². The highest BCUT2D eigenvalue weighted by Crippen LogP contribution is 2.21.